The SMILES string of the molecule is O=c1[nH]c2cc(NCc3cnn(Cc4ccccc4)c3)ccc2o1. The van der Waals surface area contributed by atoms with E-state index in [9.17, 15) is 4.79 Å². The molecular weight excluding hydrogens is 304 g/mol. The fraction of sp³-hybridized carbons (Fsp3) is 0.111. The van der Waals surface area contributed by atoms with Crippen LogP contribution >= 0.6 is 0 Å². The van der Waals surface area contributed by atoms with E-state index >= 15 is 0 Å². The first-order chi connectivity index (χ1) is 11.8. The van der Waals surface area contributed by atoms with Gasteiger partial charge in [0.2, 0.25) is 0 Å². The van der Waals surface area contributed by atoms with Crippen molar-refractivity contribution in [2.75, 3.05) is 5.32 Å². The molecule has 2 aromatic heterocycles. The monoisotopic (exact) mass is 320 g/mol. The molecule has 0 aliphatic carbocycles. The average Bonchev–Trinajstić information content (AvgIpc) is 3.18. The molecule has 4 aromatic rings. The van der Waals surface area contributed by atoms with Gasteiger partial charge in [-0.3, -0.25) is 9.67 Å². The number of anilines is 1. The lowest BCUT2D eigenvalue weighted by Gasteiger charge is -2.04. The van der Waals surface area contributed by atoms with Crippen LogP contribution in [0.1, 0.15) is 11.1 Å². The highest BCUT2D eigenvalue weighted by Gasteiger charge is 2.03. The van der Waals surface area contributed by atoms with Crippen LogP contribution in [0.2, 0.25) is 0 Å². The summed E-state index contributed by atoms with van der Waals surface area (Å²) in [5.74, 6) is -0.440. The van der Waals surface area contributed by atoms with E-state index < -0.39 is 5.76 Å². The van der Waals surface area contributed by atoms with Crippen molar-refractivity contribution in [1.29, 1.82) is 0 Å². The summed E-state index contributed by atoms with van der Waals surface area (Å²) in [5, 5.41) is 7.71. The van der Waals surface area contributed by atoms with E-state index in [1.165, 1.54) is 5.56 Å². The normalized spacial score (nSPS) is 11.0. The van der Waals surface area contributed by atoms with Crippen LogP contribution in [-0.2, 0) is 13.1 Å². The smallest absolute Gasteiger partial charge is 0.408 e. The molecule has 0 aliphatic heterocycles. The molecule has 120 valence electrons. The van der Waals surface area contributed by atoms with Gasteiger partial charge < -0.3 is 9.73 Å². The van der Waals surface area contributed by atoms with Crippen LogP contribution in [0, 0.1) is 0 Å². The highest BCUT2D eigenvalue weighted by Crippen LogP contribution is 2.17. The third-order valence-corrected chi connectivity index (χ3v) is 3.79. The molecule has 0 saturated carbocycles. The van der Waals surface area contributed by atoms with E-state index in [-0.39, 0.29) is 0 Å². The number of nitrogens with zero attached hydrogens (tertiary/aromatic N) is 2. The van der Waals surface area contributed by atoms with Crippen molar-refractivity contribution in [2.24, 2.45) is 0 Å². The number of benzene rings is 2. The van der Waals surface area contributed by atoms with E-state index in [0.29, 0.717) is 17.6 Å². The molecule has 4 rings (SSSR count). The molecule has 6 nitrogen and oxygen atoms in total. The molecule has 0 unspecified atom stereocenters. The van der Waals surface area contributed by atoms with Gasteiger partial charge in [-0.2, -0.15) is 5.10 Å². The number of rotatable bonds is 5. The van der Waals surface area contributed by atoms with Crippen molar-refractivity contribution in [3.8, 4) is 0 Å². The van der Waals surface area contributed by atoms with Crippen LogP contribution < -0.4 is 11.1 Å². The Morgan fingerprint density at radius 1 is 1.12 bits per heavy atom. The van der Waals surface area contributed by atoms with Crippen molar-refractivity contribution in [3.05, 3.63) is 82.6 Å². The second-order valence-electron chi connectivity index (χ2n) is 5.61. The molecule has 0 bridgehead atoms. The zero-order valence-electron chi connectivity index (χ0n) is 12.9. The first-order valence-corrected chi connectivity index (χ1v) is 7.68. The first-order valence-electron chi connectivity index (χ1n) is 7.68. The molecule has 0 radical (unpaired) electrons. The summed E-state index contributed by atoms with van der Waals surface area (Å²) in [4.78, 5) is 13.8. The Morgan fingerprint density at radius 2 is 2.00 bits per heavy atom. The van der Waals surface area contributed by atoms with Crippen LogP contribution in [0.4, 0.5) is 5.69 Å². The van der Waals surface area contributed by atoms with Gasteiger partial charge in [0.15, 0.2) is 5.58 Å². The third-order valence-electron chi connectivity index (χ3n) is 3.79. The number of fused-ring (bicyclic) bond motifs is 1. The minimum absolute atomic E-state index is 0.440. The molecule has 0 spiro atoms. The Hall–Kier alpha value is -3.28. The van der Waals surface area contributed by atoms with E-state index in [1.807, 2.05) is 47.4 Å². The summed E-state index contributed by atoms with van der Waals surface area (Å²) in [5.41, 5.74) is 4.46. The molecule has 24 heavy (non-hydrogen) atoms. The summed E-state index contributed by atoms with van der Waals surface area (Å²) in [6.45, 7) is 1.41. The topological polar surface area (TPSA) is 75.8 Å². The van der Waals surface area contributed by atoms with Crippen LogP contribution in [0.5, 0.6) is 0 Å². The molecule has 0 aliphatic rings. The molecule has 2 N–H and O–H groups in total. The van der Waals surface area contributed by atoms with E-state index in [4.69, 9.17) is 4.42 Å². The van der Waals surface area contributed by atoms with Gasteiger partial charge >= 0.3 is 5.76 Å². The standard InChI is InChI=1S/C18H16N4O2/c23-18-21-16-8-15(6-7-17(16)24-18)19-9-14-10-20-22(12-14)11-13-4-2-1-3-5-13/h1-8,10,12,19H,9,11H2,(H,21,23). The number of H-pyrrole nitrogens is 1. The van der Waals surface area contributed by atoms with Crippen molar-refractivity contribution < 1.29 is 4.42 Å². The van der Waals surface area contributed by atoms with Crippen LogP contribution in [0.15, 0.2) is 70.1 Å². The Labute approximate surface area is 137 Å². The van der Waals surface area contributed by atoms with E-state index in [0.717, 1.165) is 17.8 Å². The number of oxazole rings is 1. The van der Waals surface area contributed by atoms with Crippen LogP contribution in [-0.4, -0.2) is 14.8 Å². The number of aromatic nitrogens is 3. The zero-order valence-corrected chi connectivity index (χ0v) is 12.9. The summed E-state index contributed by atoms with van der Waals surface area (Å²) in [6, 6.07) is 15.7. The van der Waals surface area contributed by atoms with Gasteiger partial charge in [0, 0.05) is 24.0 Å². The van der Waals surface area contributed by atoms with E-state index in [2.05, 4.69) is 27.5 Å². The largest absolute Gasteiger partial charge is 0.417 e. The zero-order chi connectivity index (χ0) is 16.4. The van der Waals surface area contributed by atoms with Crippen molar-refractivity contribution >= 4 is 16.8 Å². The van der Waals surface area contributed by atoms with Crippen LogP contribution in [0.3, 0.4) is 0 Å². The fourth-order valence-corrected chi connectivity index (χ4v) is 2.62. The van der Waals surface area contributed by atoms with Crippen molar-refractivity contribution in [2.45, 2.75) is 13.1 Å². The predicted octanol–water partition coefficient (Wildman–Crippen LogP) is 2.98. The second kappa shape index (κ2) is 6.08. The number of aromatic amines is 1. The van der Waals surface area contributed by atoms with Crippen molar-refractivity contribution in [1.82, 2.24) is 14.8 Å². The van der Waals surface area contributed by atoms with Gasteiger partial charge in [0.05, 0.1) is 18.3 Å². The Morgan fingerprint density at radius 3 is 2.88 bits per heavy atom. The average molecular weight is 320 g/mol. The Kier molecular flexibility index (Phi) is 3.63. The van der Waals surface area contributed by atoms with Crippen molar-refractivity contribution in [3.63, 3.8) is 0 Å². The molecule has 6 heteroatoms. The second-order valence-corrected chi connectivity index (χ2v) is 5.61. The summed E-state index contributed by atoms with van der Waals surface area (Å²) in [6.07, 6.45) is 3.88. The third kappa shape index (κ3) is 3.08. The fourth-order valence-electron chi connectivity index (χ4n) is 2.62. The van der Waals surface area contributed by atoms with Gasteiger partial charge in [-0.05, 0) is 23.8 Å². The molecule has 2 heterocycles. The number of hydrogen-bond acceptors (Lipinski definition) is 4. The van der Waals surface area contributed by atoms with E-state index in [1.54, 1.807) is 6.07 Å². The first kappa shape index (κ1) is 14.3. The quantitative estimate of drug-likeness (QED) is 0.593. The summed E-state index contributed by atoms with van der Waals surface area (Å²) < 4.78 is 6.91. The summed E-state index contributed by atoms with van der Waals surface area (Å²) in [7, 11) is 0. The highest BCUT2D eigenvalue weighted by molar-refractivity contribution is 5.76. The number of hydrogen-bond donors (Lipinski definition) is 2. The molecule has 2 aromatic carbocycles. The van der Waals surface area contributed by atoms with Gasteiger partial charge in [-0.1, -0.05) is 30.3 Å². The maximum atomic E-state index is 11.2. The predicted molar refractivity (Wildman–Crippen MR) is 91.9 cm³/mol. The maximum Gasteiger partial charge on any atom is 0.417 e. The number of nitrogens with one attached hydrogen (secondary N) is 2. The lowest BCUT2D eigenvalue weighted by molar-refractivity contribution is 0.555. The van der Waals surface area contributed by atoms with Gasteiger partial charge in [-0.15, -0.1) is 0 Å². The lowest BCUT2D eigenvalue weighted by Crippen LogP contribution is -2.00. The Bertz CT molecular complexity index is 1010. The van der Waals surface area contributed by atoms with Crippen LogP contribution in [0.25, 0.3) is 11.1 Å². The minimum Gasteiger partial charge on any atom is -0.408 e. The lowest BCUT2D eigenvalue weighted by atomic mass is 10.2. The molecule has 0 fully saturated rings. The summed E-state index contributed by atoms with van der Waals surface area (Å²) >= 11 is 0. The molecule has 0 amide bonds. The van der Waals surface area contributed by atoms with Gasteiger partial charge in [0.25, 0.3) is 0 Å². The van der Waals surface area contributed by atoms with Gasteiger partial charge in [0.1, 0.15) is 0 Å². The highest BCUT2D eigenvalue weighted by atomic mass is 16.4. The minimum atomic E-state index is -0.440. The maximum absolute atomic E-state index is 11.2. The molecule has 0 saturated heterocycles. The molecular formula is C18H16N4O2. The Balaban J connectivity index is 1.42. The van der Waals surface area contributed by atoms with Gasteiger partial charge in [-0.25, -0.2) is 4.79 Å². The molecule has 0 atom stereocenters.